The fourth-order valence-corrected chi connectivity index (χ4v) is 2.64. The van der Waals surface area contributed by atoms with Crippen molar-refractivity contribution in [3.8, 4) is 0 Å². The molecule has 90 valence electrons. The third-order valence-corrected chi connectivity index (χ3v) is 3.65. The van der Waals surface area contributed by atoms with E-state index < -0.39 is 0 Å². The SMILES string of the molecule is O[C@@H]1CCN(Cc2cnc3ccc(Br)cn23)C1. The summed E-state index contributed by atoms with van der Waals surface area (Å²) in [5.74, 6) is 0. The zero-order valence-electron chi connectivity index (χ0n) is 9.38. The van der Waals surface area contributed by atoms with Crippen molar-refractivity contribution in [3.05, 3.63) is 34.7 Å². The molecule has 1 aliphatic rings. The van der Waals surface area contributed by atoms with Crippen molar-refractivity contribution in [2.45, 2.75) is 19.1 Å². The van der Waals surface area contributed by atoms with Crippen LogP contribution in [0.4, 0.5) is 0 Å². The van der Waals surface area contributed by atoms with E-state index in [1.807, 2.05) is 24.5 Å². The summed E-state index contributed by atoms with van der Waals surface area (Å²) < 4.78 is 3.14. The molecule has 0 amide bonds. The fourth-order valence-electron chi connectivity index (χ4n) is 2.31. The molecule has 1 fully saturated rings. The maximum absolute atomic E-state index is 9.51. The Morgan fingerprint density at radius 2 is 2.35 bits per heavy atom. The molecule has 5 heteroatoms. The van der Waals surface area contributed by atoms with Crippen LogP contribution in [0.5, 0.6) is 0 Å². The molecule has 1 saturated heterocycles. The molecular weight excluding hydrogens is 282 g/mol. The van der Waals surface area contributed by atoms with Crippen LogP contribution in [0.2, 0.25) is 0 Å². The number of fused-ring (bicyclic) bond motifs is 1. The summed E-state index contributed by atoms with van der Waals surface area (Å²) in [6.45, 7) is 2.57. The number of β-amino-alcohol motifs (C(OH)–C–C–N with tert-alkyl or cyclic N) is 1. The molecule has 1 N–H and O–H groups in total. The maximum atomic E-state index is 9.51. The number of hydrogen-bond acceptors (Lipinski definition) is 3. The standard InChI is InChI=1S/C12H14BrN3O/c13-9-1-2-12-14-5-10(16(12)6-9)7-15-4-3-11(17)8-15/h1-2,5-6,11,17H,3-4,7-8H2/t11-/m1/s1. The fraction of sp³-hybridized carbons (Fsp3) is 0.417. The molecule has 0 aliphatic carbocycles. The van der Waals surface area contributed by atoms with Gasteiger partial charge in [-0.3, -0.25) is 4.90 Å². The second kappa shape index (κ2) is 4.40. The molecule has 2 aromatic heterocycles. The number of aromatic nitrogens is 2. The van der Waals surface area contributed by atoms with Crippen LogP contribution in [-0.2, 0) is 6.54 Å². The number of halogens is 1. The van der Waals surface area contributed by atoms with E-state index in [-0.39, 0.29) is 6.10 Å². The van der Waals surface area contributed by atoms with Gasteiger partial charge in [-0.15, -0.1) is 0 Å². The van der Waals surface area contributed by atoms with Gasteiger partial charge in [-0.05, 0) is 34.5 Å². The molecule has 0 radical (unpaired) electrons. The summed E-state index contributed by atoms with van der Waals surface area (Å²) in [7, 11) is 0. The Kier molecular flexibility index (Phi) is 2.90. The Labute approximate surface area is 108 Å². The minimum absolute atomic E-state index is 0.166. The molecule has 2 aromatic rings. The molecule has 1 atom stereocenters. The first kappa shape index (κ1) is 11.2. The summed E-state index contributed by atoms with van der Waals surface area (Å²) in [4.78, 5) is 6.63. The molecule has 0 unspecified atom stereocenters. The van der Waals surface area contributed by atoms with E-state index in [2.05, 4.69) is 30.2 Å². The van der Waals surface area contributed by atoms with Gasteiger partial charge < -0.3 is 9.51 Å². The van der Waals surface area contributed by atoms with Gasteiger partial charge >= 0.3 is 0 Å². The van der Waals surface area contributed by atoms with Gasteiger partial charge in [0.25, 0.3) is 0 Å². The van der Waals surface area contributed by atoms with E-state index >= 15 is 0 Å². The third-order valence-electron chi connectivity index (χ3n) is 3.18. The molecule has 0 saturated carbocycles. The van der Waals surface area contributed by atoms with E-state index in [1.54, 1.807) is 0 Å². The predicted octanol–water partition coefficient (Wildman–Crippen LogP) is 1.66. The van der Waals surface area contributed by atoms with Crippen LogP contribution in [0.15, 0.2) is 29.0 Å². The Morgan fingerprint density at radius 3 is 3.12 bits per heavy atom. The minimum Gasteiger partial charge on any atom is -0.392 e. The topological polar surface area (TPSA) is 40.8 Å². The quantitative estimate of drug-likeness (QED) is 0.916. The van der Waals surface area contributed by atoms with Gasteiger partial charge in [0.1, 0.15) is 5.65 Å². The molecule has 0 bridgehead atoms. The molecule has 1 aliphatic heterocycles. The summed E-state index contributed by atoms with van der Waals surface area (Å²) in [5.41, 5.74) is 2.12. The number of aliphatic hydroxyl groups excluding tert-OH is 1. The highest BCUT2D eigenvalue weighted by atomic mass is 79.9. The Bertz CT molecular complexity index is 540. The van der Waals surface area contributed by atoms with Crippen molar-refractivity contribution in [1.82, 2.24) is 14.3 Å². The average molecular weight is 296 g/mol. The Hall–Kier alpha value is -0.910. The lowest BCUT2D eigenvalue weighted by Gasteiger charge is -2.14. The number of hydrogen-bond donors (Lipinski definition) is 1. The van der Waals surface area contributed by atoms with Crippen LogP contribution in [0.3, 0.4) is 0 Å². The minimum atomic E-state index is -0.166. The Balaban J connectivity index is 1.87. The predicted molar refractivity (Wildman–Crippen MR) is 68.8 cm³/mol. The van der Waals surface area contributed by atoms with Crippen molar-refractivity contribution in [3.63, 3.8) is 0 Å². The van der Waals surface area contributed by atoms with Crippen LogP contribution in [0, 0.1) is 0 Å². The number of pyridine rings is 1. The number of rotatable bonds is 2. The van der Waals surface area contributed by atoms with Crippen LogP contribution in [0.25, 0.3) is 5.65 Å². The van der Waals surface area contributed by atoms with Crippen molar-refractivity contribution in [2.75, 3.05) is 13.1 Å². The van der Waals surface area contributed by atoms with E-state index in [1.165, 1.54) is 0 Å². The second-order valence-corrected chi connectivity index (χ2v) is 5.42. The van der Waals surface area contributed by atoms with E-state index in [4.69, 9.17) is 0 Å². The lowest BCUT2D eigenvalue weighted by Crippen LogP contribution is -2.22. The van der Waals surface area contributed by atoms with Crippen molar-refractivity contribution >= 4 is 21.6 Å². The highest BCUT2D eigenvalue weighted by Crippen LogP contribution is 2.17. The van der Waals surface area contributed by atoms with E-state index in [9.17, 15) is 5.11 Å². The van der Waals surface area contributed by atoms with Crippen LogP contribution >= 0.6 is 15.9 Å². The molecule has 3 heterocycles. The van der Waals surface area contributed by atoms with Gasteiger partial charge in [-0.2, -0.15) is 0 Å². The molecule has 3 rings (SSSR count). The molecular formula is C12H14BrN3O. The number of likely N-dealkylation sites (tertiary alicyclic amines) is 1. The van der Waals surface area contributed by atoms with Gasteiger partial charge in [-0.1, -0.05) is 0 Å². The lowest BCUT2D eigenvalue weighted by molar-refractivity contribution is 0.174. The highest BCUT2D eigenvalue weighted by molar-refractivity contribution is 9.10. The average Bonchev–Trinajstić information content (AvgIpc) is 2.87. The van der Waals surface area contributed by atoms with E-state index in [0.29, 0.717) is 0 Å². The smallest absolute Gasteiger partial charge is 0.136 e. The first-order valence-electron chi connectivity index (χ1n) is 5.74. The summed E-state index contributed by atoms with van der Waals surface area (Å²) >= 11 is 3.47. The number of aliphatic hydroxyl groups is 1. The van der Waals surface area contributed by atoms with Gasteiger partial charge in [0.2, 0.25) is 0 Å². The summed E-state index contributed by atoms with van der Waals surface area (Å²) in [6.07, 6.45) is 4.65. The summed E-state index contributed by atoms with van der Waals surface area (Å²) in [5, 5.41) is 9.51. The first-order chi connectivity index (χ1) is 8.22. The molecule has 0 aromatic carbocycles. The zero-order chi connectivity index (χ0) is 11.8. The van der Waals surface area contributed by atoms with Gasteiger partial charge in [0.05, 0.1) is 18.0 Å². The lowest BCUT2D eigenvalue weighted by atomic mass is 10.3. The maximum Gasteiger partial charge on any atom is 0.136 e. The normalized spacial score (nSPS) is 21.4. The van der Waals surface area contributed by atoms with Crippen molar-refractivity contribution in [2.24, 2.45) is 0 Å². The third kappa shape index (κ3) is 2.22. The van der Waals surface area contributed by atoms with Gasteiger partial charge in [0.15, 0.2) is 0 Å². The van der Waals surface area contributed by atoms with Gasteiger partial charge in [0, 0.05) is 30.3 Å². The highest BCUT2D eigenvalue weighted by Gasteiger charge is 2.20. The molecule has 17 heavy (non-hydrogen) atoms. The number of nitrogens with zero attached hydrogens (tertiary/aromatic N) is 3. The molecule has 0 spiro atoms. The second-order valence-electron chi connectivity index (χ2n) is 4.50. The summed E-state index contributed by atoms with van der Waals surface area (Å²) in [6, 6.07) is 3.98. The van der Waals surface area contributed by atoms with Crippen LogP contribution in [-0.4, -0.2) is 38.6 Å². The van der Waals surface area contributed by atoms with Crippen molar-refractivity contribution < 1.29 is 5.11 Å². The Morgan fingerprint density at radius 1 is 1.47 bits per heavy atom. The zero-order valence-corrected chi connectivity index (χ0v) is 11.0. The monoisotopic (exact) mass is 295 g/mol. The van der Waals surface area contributed by atoms with Crippen LogP contribution in [0.1, 0.15) is 12.1 Å². The first-order valence-corrected chi connectivity index (χ1v) is 6.53. The van der Waals surface area contributed by atoms with E-state index in [0.717, 1.165) is 41.9 Å². The molecule has 4 nitrogen and oxygen atoms in total. The largest absolute Gasteiger partial charge is 0.392 e. The van der Waals surface area contributed by atoms with Crippen molar-refractivity contribution in [1.29, 1.82) is 0 Å². The van der Waals surface area contributed by atoms with Crippen LogP contribution < -0.4 is 0 Å². The van der Waals surface area contributed by atoms with Gasteiger partial charge in [-0.25, -0.2) is 4.98 Å². The number of imidazole rings is 1.